The number of hydrogen-bond donors (Lipinski definition) is 0. The number of rotatable bonds is 5. The Labute approximate surface area is 164 Å². The lowest BCUT2D eigenvalue weighted by molar-refractivity contribution is 0.101. The van der Waals surface area contributed by atoms with E-state index in [1.54, 1.807) is 13.8 Å². The number of benzene rings is 4. The highest BCUT2D eigenvalue weighted by molar-refractivity contribution is 6.08. The van der Waals surface area contributed by atoms with Crippen molar-refractivity contribution < 1.29 is 9.59 Å². The van der Waals surface area contributed by atoms with Crippen LogP contribution in [0.3, 0.4) is 0 Å². The van der Waals surface area contributed by atoms with Crippen LogP contribution < -0.4 is 0 Å². The van der Waals surface area contributed by atoms with Crippen molar-refractivity contribution in [1.29, 1.82) is 0 Å². The smallest absolute Gasteiger partial charge is 0.160 e. The van der Waals surface area contributed by atoms with E-state index in [0.717, 1.165) is 45.5 Å². The van der Waals surface area contributed by atoms with Crippen LogP contribution >= 0.6 is 0 Å². The van der Waals surface area contributed by atoms with Crippen molar-refractivity contribution in [2.45, 2.75) is 26.7 Å². The van der Waals surface area contributed by atoms with Gasteiger partial charge in [0.25, 0.3) is 0 Å². The first-order valence-corrected chi connectivity index (χ1v) is 9.59. The summed E-state index contributed by atoms with van der Waals surface area (Å²) >= 11 is 0. The molecule has 0 saturated heterocycles. The van der Waals surface area contributed by atoms with Gasteiger partial charge in [0.2, 0.25) is 0 Å². The Kier molecular flexibility index (Phi) is 4.79. The lowest BCUT2D eigenvalue weighted by Gasteiger charge is -2.12. The van der Waals surface area contributed by atoms with Gasteiger partial charge in [0.1, 0.15) is 0 Å². The summed E-state index contributed by atoms with van der Waals surface area (Å²) in [5.74, 6) is 0.183. The van der Waals surface area contributed by atoms with Crippen LogP contribution in [0.1, 0.15) is 45.7 Å². The van der Waals surface area contributed by atoms with Crippen LogP contribution in [0.25, 0.3) is 21.5 Å². The molecule has 0 N–H and O–H groups in total. The molecule has 0 aliphatic heterocycles. The van der Waals surface area contributed by atoms with Crippen molar-refractivity contribution in [3.63, 3.8) is 0 Å². The van der Waals surface area contributed by atoms with Gasteiger partial charge < -0.3 is 0 Å². The summed E-state index contributed by atoms with van der Waals surface area (Å²) in [4.78, 5) is 23.9. The van der Waals surface area contributed by atoms with Crippen molar-refractivity contribution in [3.05, 3.63) is 95.1 Å². The third-order valence-electron chi connectivity index (χ3n) is 5.45. The lowest BCUT2D eigenvalue weighted by atomic mass is 9.91. The van der Waals surface area contributed by atoms with E-state index in [1.165, 1.54) is 11.1 Å². The predicted octanol–water partition coefficient (Wildman–Crippen LogP) is 6.18. The van der Waals surface area contributed by atoms with Gasteiger partial charge >= 0.3 is 0 Å². The Hall–Kier alpha value is -3.26. The molecule has 0 aliphatic carbocycles. The highest BCUT2D eigenvalue weighted by Gasteiger charge is 2.11. The van der Waals surface area contributed by atoms with Gasteiger partial charge in [-0.25, -0.2) is 0 Å². The van der Waals surface area contributed by atoms with Crippen LogP contribution in [0.2, 0.25) is 0 Å². The molecule has 2 heteroatoms. The van der Waals surface area contributed by atoms with E-state index in [1.807, 2.05) is 48.5 Å². The molecule has 28 heavy (non-hydrogen) atoms. The minimum Gasteiger partial charge on any atom is -0.294 e. The average molecular weight is 366 g/mol. The fourth-order valence-electron chi connectivity index (χ4n) is 4.04. The number of Topliss-reactive ketones (excluding diaryl/α,β-unsaturated/α-hetero) is 2. The van der Waals surface area contributed by atoms with Crippen molar-refractivity contribution >= 4 is 33.1 Å². The molecule has 2 nitrogen and oxygen atoms in total. The zero-order valence-electron chi connectivity index (χ0n) is 16.2. The molecule has 0 amide bonds. The second kappa shape index (κ2) is 7.40. The number of carbonyl (C=O) groups is 2. The minimum atomic E-state index is 0.0913. The molecule has 0 spiro atoms. The van der Waals surface area contributed by atoms with Gasteiger partial charge in [0.05, 0.1) is 0 Å². The summed E-state index contributed by atoms with van der Waals surface area (Å²) in [6, 6.07) is 24.3. The summed E-state index contributed by atoms with van der Waals surface area (Å²) in [7, 11) is 0. The van der Waals surface area contributed by atoms with Crippen LogP contribution in [0, 0.1) is 0 Å². The monoisotopic (exact) mass is 366 g/mol. The third kappa shape index (κ3) is 3.22. The van der Waals surface area contributed by atoms with E-state index in [2.05, 4.69) is 24.3 Å². The second-order valence-corrected chi connectivity index (χ2v) is 7.25. The maximum absolute atomic E-state index is 12.0. The average Bonchev–Trinajstić information content (AvgIpc) is 2.71. The zero-order valence-corrected chi connectivity index (χ0v) is 16.2. The number of ketones is 2. The quantitative estimate of drug-likeness (QED) is 0.395. The van der Waals surface area contributed by atoms with Gasteiger partial charge in [-0.1, -0.05) is 72.8 Å². The lowest BCUT2D eigenvalue weighted by Crippen LogP contribution is -2.00. The van der Waals surface area contributed by atoms with Crippen molar-refractivity contribution in [2.24, 2.45) is 0 Å². The van der Waals surface area contributed by atoms with Crippen LogP contribution in [0.15, 0.2) is 72.8 Å². The van der Waals surface area contributed by atoms with Gasteiger partial charge in [0, 0.05) is 11.1 Å². The van der Waals surface area contributed by atoms with Gasteiger partial charge in [-0.3, -0.25) is 9.59 Å². The maximum Gasteiger partial charge on any atom is 0.160 e. The van der Waals surface area contributed by atoms with Crippen LogP contribution in [-0.4, -0.2) is 11.6 Å². The minimum absolute atomic E-state index is 0.0913. The number of hydrogen-bond acceptors (Lipinski definition) is 2. The van der Waals surface area contributed by atoms with Gasteiger partial charge in [-0.15, -0.1) is 0 Å². The van der Waals surface area contributed by atoms with E-state index in [9.17, 15) is 9.59 Å². The highest BCUT2D eigenvalue weighted by atomic mass is 16.1. The first kappa shape index (κ1) is 18.1. The summed E-state index contributed by atoms with van der Waals surface area (Å²) in [5.41, 5.74) is 4.02. The second-order valence-electron chi connectivity index (χ2n) is 7.25. The topological polar surface area (TPSA) is 34.1 Å². The van der Waals surface area contributed by atoms with Crippen molar-refractivity contribution in [3.8, 4) is 0 Å². The number of fused-ring (bicyclic) bond motifs is 2. The molecule has 4 aromatic carbocycles. The maximum atomic E-state index is 12.0. The molecular weight excluding hydrogens is 344 g/mol. The van der Waals surface area contributed by atoms with Gasteiger partial charge in [-0.2, -0.15) is 0 Å². The van der Waals surface area contributed by atoms with E-state index in [4.69, 9.17) is 0 Å². The van der Waals surface area contributed by atoms with E-state index in [0.29, 0.717) is 0 Å². The largest absolute Gasteiger partial charge is 0.294 e. The van der Waals surface area contributed by atoms with Crippen molar-refractivity contribution in [1.82, 2.24) is 0 Å². The third-order valence-corrected chi connectivity index (χ3v) is 5.45. The highest BCUT2D eigenvalue weighted by Crippen LogP contribution is 2.27. The van der Waals surface area contributed by atoms with E-state index >= 15 is 0 Å². The molecule has 138 valence electrons. The first-order chi connectivity index (χ1) is 13.6. The van der Waals surface area contributed by atoms with Crippen LogP contribution in [0.5, 0.6) is 0 Å². The summed E-state index contributed by atoms with van der Waals surface area (Å²) in [5, 5.41) is 4.31. The van der Waals surface area contributed by atoms with E-state index < -0.39 is 0 Å². The van der Waals surface area contributed by atoms with Crippen LogP contribution in [0.4, 0.5) is 0 Å². The Balaban J connectivity index is 1.73. The molecule has 0 aliphatic rings. The Morgan fingerprint density at radius 1 is 0.536 bits per heavy atom. The molecule has 0 atom stereocenters. The van der Waals surface area contributed by atoms with Gasteiger partial charge in [-0.05, 0) is 59.4 Å². The Bertz CT molecular complexity index is 1120. The molecular formula is C26H22O2. The SMILES string of the molecule is CC(=O)c1ccc(CCc2ccc(C(C)=O)c3ccccc23)c2ccccc12. The normalized spacial score (nSPS) is 11.1. The fourth-order valence-corrected chi connectivity index (χ4v) is 4.04. The molecule has 0 aromatic heterocycles. The summed E-state index contributed by atoms with van der Waals surface area (Å²) in [6.45, 7) is 3.23. The Morgan fingerprint density at radius 3 is 1.25 bits per heavy atom. The predicted molar refractivity (Wildman–Crippen MR) is 115 cm³/mol. The fraction of sp³-hybridized carbons (Fsp3) is 0.154. The zero-order chi connectivity index (χ0) is 19.7. The summed E-state index contributed by atoms with van der Waals surface area (Å²) in [6.07, 6.45) is 1.75. The molecule has 0 fully saturated rings. The molecule has 0 bridgehead atoms. The standard InChI is InChI=1S/C26H22O2/c1-17(27)21-15-13-19(23-7-3-5-9-25(21)23)11-12-20-14-16-22(18(2)28)26-10-6-4-8-24(20)26/h3-10,13-16H,11-12H2,1-2H3. The number of carbonyl (C=O) groups excluding carboxylic acids is 2. The molecule has 0 heterocycles. The molecule has 0 unspecified atom stereocenters. The van der Waals surface area contributed by atoms with Gasteiger partial charge in [0.15, 0.2) is 11.6 Å². The van der Waals surface area contributed by atoms with Crippen LogP contribution in [-0.2, 0) is 12.8 Å². The van der Waals surface area contributed by atoms with E-state index in [-0.39, 0.29) is 11.6 Å². The van der Waals surface area contributed by atoms with Crippen molar-refractivity contribution in [2.75, 3.05) is 0 Å². The molecule has 4 aromatic rings. The first-order valence-electron chi connectivity index (χ1n) is 9.59. The number of aryl methyl sites for hydroxylation is 2. The summed E-state index contributed by atoms with van der Waals surface area (Å²) < 4.78 is 0. The molecule has 0 saturated carbocycles. The Morgan fingerprint density at radius 2 is 0.893 bits per heavy atom. The molecule has 0 radical (unpaired) electrons. The molecule has 4 rings (SSSR count).